The zero-order valence-electron chi connectivity index (χ0n) is 7.99. The Hall–Kier alpha value is -0.900. The predicted molar refractivity (Wildman–Crippen MR) is 47.7 cm³/mol. The molecule has 4 nitrogen and oxygen atoms in total. The number of rotatable bonds is 4. The lowest BCUT2D eigenvalue weighted by Gasteiger charge is -2.09. The van der Waals surface area contributed by atoms with Gasteiger partial charge < -0.3 is 4.90 Å². The van der Waals surface area contributed by atoms with Gasteiger partial charge in [-0.2, -0.15) is 5.10 Å². The monoisotopic (exact) mass is 168 g/mol. The normalized spacial score (nSPS) is 11.0. The van der Waals surface area contributed by atoms with Crippen molar-refractivity contribution in [2.24, 2.45) is 0 Å². The highest BCUT2D eigenvalue weighted by molar-refractivity contribution is 4.83. The second-order valence-electron chi connectivity index (χ2n) is 3.14. The maximum Gasteiger partial charge on any atom is 0.140 e. The van der Waals surface area contributed by atoms with Crippen molar-refractivity contribution in [1.29, 1.82) is 0 Å². The van der Waals surface area contributed by atoms with Gasteiger partial charge in [0.2, 0.25) is 0 Å². The summed E-state index contributed by atoms with van der Waals surface area (Å²) in [5.74, 6) is 1.04. The molecule has 0 spiro atoms. The van der Waals surface area contributed by atoms with Gasteiger partial charge in [-0.1, -0.05) is 6.92 Å². The van der Waals surface area contributed by atoms with Crippen LogP contribution in [-0.2, 0) is 13.1 Å². The van der Waals surface area contributed by atoms with E-state index in [9.17, 15) is 0 Å². The lowest BCUT2D eigenvalue weighted by Crippen LogP contribution is -2.16. The summed E-state index contributed by atoms with van der Waals surface area (Å²) in [5.41, 5.74) is 0. The SMILES string of the molecule is CCCn1ncnc1CN(C)C. The Balaban J connectivity index is 2.63. The fraction of sp³-hybridized carbons (Fsp3) is 0.750. The van der Waals surface area contributed by atoms with Gasteiger partial charge in [-0.15, -0.1) is 0 Å². The third-order valence-electron chi connectivity index (χ3n) is 1.59. The number of aryl methyl sites for hydroxylation is 1. The molecule has 0 unspecified atom stereocenters. The minimum absolute atomic E-state index is 0.861. The summed E-state index contributed by atoms with van der Waals surface area (Å²) >= 11 is 0. The van der Waals surface area contributed by atoms with Gasteiger partial charge >= 0.3 is 0 Å². The molecule has 1 rings (SSSR count). The van der Waals surface area contributed by atoms with E-state index in [1.165, 1.54) is 0 Å². The minimum atomic E-state index is 0.861. The van der Waals surface area contributed by atoms with E-state index in [1.54, 1.807) is 6.33 Å². The van der Waals surface area contributed by atoms with Crippen LogP contribution in [-0.4, -0.2) is 33.8 Å². The molecule has 0 amide bonds. The first-order valence-electron chi connectivity index (χ1n) is 4.25. The fourth-order valence-electron chi connectivity index (χ4n) is 1.09. The van der Waals surface area contributed by atoms with Crippen molar-refractivity contribution in [1.82, 2.24) is 19.7 Å². The van der Waals surface area contributed by atoms with Gasteiger partial charge in [0, 0.05) is 6.54 Å². The second kappa shape index (κ2) is 4.21. The number of hydrogen-bond donors (Lipinski definition) is 0. The van der Waals surface area contributed by atoms with Gasteiger partial charge in [0.05, 0.1) is 6.54 Å². The Morgan fingerprint density at radius 3 is 2.83 bits per heavy atom. The molecule has 0 aliphatic rings. The van der Waals surface area contributed by atoms with Crippen molar-refractivity contribution < 1.29 is 0 Å². The number of aromatic nitrogens is 3. The van der Waals surface area contributed by atoms with Crippen LogP contribution >= 0.6 is 0 Å². The highest BCUT2D eigenvalue weighted by Gasteiger charge is 2.03. The molecule has 0 N–H and O–H groups in total. The standard InChI is InChI=1S/C8H16N4/c1-4-5-12-8(6-11(2)3)9-7-10-12/h7H,4-6H2,1-3H3. The fourth-order valence-corrected chi connectivity index (χ4v) is 1.09. The van der Waals surface area contributed by atoms with Gasteiger partial charge in [0.25, 0.3) is 0 Å². The van der Waals surface area contributed by atoms with Gasteiger partial charge in [-0.05, 0) is 20.5 Å². The zero-order valence-corrected chi connectivity index (χ0v) is 7.99. The van der Waals surface area contributed by atoms with Crippen molar-refractivity contribution in [3.8, 4) is 0 Å². The topological polar surface area (TPSA) is 34.0 Å². The maximum atomic E-state index is 4.19. The summed E-state index contributed by atoms with van der Waals surface area (Å²) in [6.07, 6.45) is 2.72. The number of hydrogen-bond acceptors (Lipinski definition) is 3. The van der Waals surface area contributed by atoms with E-state index in [0.29, 0.717) is 0 Å². The van der Waals surface area contributed by atoms with Crippen LogP contribution in [0.1, 0.15) is 19.2 Å². The lowest BCUT2D eigenvalue weighted by molar-refractivity contribution is 0.374. The van der Waals surface area contributed by atoms with Crippen LogP contribution in [0.15, 0.2) is 6.33 Å². The van der Waals surface area contributed by atoms with Crippen molar-refractivity contribution in [3.05, 3.63) is 12.2 Å². The molecular weight excluding hydrogens is 152 g/mol. The largest absolute Gasteiger partial charge is 0.302 e. The molecule has 1 heterocycles. The molecule has 12 heavy (non-hydrogen) atoms. The summed E-state index contributed by atoms with van der Waals surface area (Å²) in [4.78, 5) is 6.28. The molecule has 68 valence electrons. The third kappa shape index (κ3) is 2.30. The predicted octanol–water partition coefficient (Wildman–Crippen LogP) is 0.750. The van der Waals surface area contributed by atoms with Crippen molar-refractivity contribution >= 4 is 0 Å². The molecule has 0 atom stereocenters. The van der Waals surface area contributed by atoms with Crippen molar-refractivity contribution in [2.45, 2.75) is 26.4 Å². The molecule has 0 aliphatic carbocycles. The quantitative estimate of drug-likeness (QED) is 0.665. The number of nitrogens with zero attached hydrogens (tertiary/aromatic N) is 4. The van der Waals surface area contributed by atoms with Crippen LogP contribution in [0.4, 0.5) is 0 Å². The minimum Gasteiger partial charge on any atom is -0.302 e. The van der Waals surface area contributed by atoms with E-state index in [-0.39, 0.29) is 0 Å². The first kappa shape index (κ1) is 9.19. The Bertz CT molecular complexity index is 229. The van der Waals surface area contributed by atoms with E-state index in [0.717, 1.165) is 25.3 Å². The van der Waals surface area contributed by atoms with Crippen LogP contribution < -0.4 is 0 Å². The van der Waals surface area contributed by atoms with Crippen LogP contribution in [0.3, 0.4) is 0 Å². The average molecular weight is 168 g/mol. The molecule has 1 aromatic heterocycles. The summed E-state index contributed by atoms with van der Waals surface area (Å²) in [5, 5.41) is 4.14. The molecule has 1 aromatic rings. The molecule has 0 fully saturated rings. The summed E-state index contributed by atoms with van der Waals surface area (Å²) in [6, 6.07) is 0. The average Bonchev–Trinajstić information content (AvgIpc) is 2.37. The molecule has 0 saturated carbocycles. The Kier molecular flexibility index (Phi) is 3.22. The molecule has 0 aromatic carbocycles. The van der Waals surface area contributed by atoms with Crippen molar-refractivity contribution in [2.75, 3.05) is 14.1 Å². The summed E-state index contributed by atoms with van der Waals surface area (Å²) < 4.78 is 1.96. The Morgan fingerprint density at radius 1 is 1.50 bits per heavy atom. The summed E-state index contributed by atoms with van der Waals surface area (Å²) in [7, 11) is 4.07. The Labute approximate surface area is 73.2 Å². The van der Waals surface area contributed by atoms with E-state index in [4.69, 9.17) is 0 Å². The molecular formula is C8H16N4. The highest BCUT2D eigenvalue weighted by atomic mass is 15.3. The highest BCUT2D eigenvalue weighted by Crippen LogP contribution is 1.98. The van der Waals surface area contributed by atoms with Gasteiger partial charge in [-0.25, -0.2) is 9.67 Å². The van der Waals surface area contributed by atoms with E-state index in [2.05, 4.69) is 21.9 Å². The first-order chi connectivity index (χ1) is 5.74. The molecule has 0 aliphatic heterocycles. The molecule has 0 saturated heterocycles. The molecule has 0 bridgehead atoms. The molecule has 0 radical (unpaired) electrons. The second-order valence-corrected chi connectivity index (χ2v) is 3.14. The van der Waals surface area contributed by atoms with Crippen LogP contribution in [0.5, 0.6) is 0 Å². The van der Waals surface area contributed by atoms with Crippen LogP contribution in [0.25, 0.3) is 0 Å². The Morgan fingerprint density at radius 2 is 2.25 bits per heavy atom. The van der Waals surface area contributed by atoms with Crippen LogP contribution in [0.2, 0.25) is 0 Å². The van der Waals surface area contributed by atoms with E-state index < -0.39 is 0 Å². The zero-order chi connectivity index (χ0) is 8.97. The summed E-state index contributed by atoms with van der Waals surface area (Å²) in [6.45, 7) is 3.96. The van der Waals surface area contributed by atoms with Crippen molar-refractivity contribution in [3.63, 3.8) is 0 Å². The maximum absolute atomic E-state index is 4.19. The van der Waals surface area contributed by atoms with E-state index >= 15 is 0 Å². The van der Waals surface area contributed by atoms with Gasteiger partial charge in [0.15, 0.2) is 0 Å². The van der Waals surface area contributed by atoms with E-state index in [1.807, 2.05) is 18.8 Å². The molecule has 4 heteroatoms. The first-order valence-corrected chi connectivity index (χ1v) is 4.25. The third-order valence-corrected chi connectivity index (χ3v) is 1.59. The smallest absolute Gasteiger partial charge is 0.140 e. The lowest BCUT2D eigenvalue weighted by atomic mass is 10.4. The van der Waals surface area contributed by atoms with Crippen LogP contribution in [0, 0.1) is 0 Å². The van der Waals surface area contributed by atoms with Gasteiger partial charge in [-0.3, -0.25) is 0 Å². The van der Waals surface area contributed by atoms with Gasteiger partial charge in [0.1, 0.15) is 12.2 Å².